The number of fused-ring (bicyclic) bond motifs is 6. The normalized spacial score (nSPS) is 29.0. The van der Waals surface area contributed by atoms with Gasteiger partial charge in [-0.25, -0.2) is 19.2 Å². The molecule has 1 amide bonds. The molecule has 386 valence electrons. The number of nitrogens with zero attached hydrogens (tertiary/aromatic N) is 1. The van der Waals surface area contributed by atoms with Gasteiger partial charge in [0.25, 0.3) is 0 Å². The Labute approximate surface area is 421 Å². The third-order valence-electron chi connectivity index (χ3n) is 14.9. The van der Waals surface area contributed by atoms with Gasteiger partial charge in [-0.2, -0.15) is 0 Å². The number of hydrogen-bond donors (Lipinski definition) is 3. The van der Waals surface area contributed by atoms with Crippen molar-refractivity contribution in [1.29, 1.82) is 0 Å². The van der Waals surface area contributed by atoms with E-state index in [0.29, 0.717) is 10.9 Å². The van der Waals surface area contributed by atoms with Crippen molar-refractivity contribution in [3.05, 3.63) is 125 Å². The van der Waals surface area contributed by atoms with Crippen molar-refractivity contribution in [2.45, 2.75) is 135 Å². The fourth-order valence-electron chi connectivity index (χ4n) is 11.3. The monoisotopic (exact) mass is 1000 g/mol. The Balaban J connectivity index is 1.31. The average Bonchev–Trinajstić information content (AvgIpc) is 3.33. The first-order chi connectivity index (χ1) is 34.3. The third-order valence-corrected chi connectivity index (χ3v) is 14.9. The van der Waals surface area contributed by atoms with Gasteiger partial charge in [0.1, 0.15) is 35.6 Å². The van der Waals surface area contributed by atoms with Gasteiger partial charge in [0.2, 0.25) is 6.10 Å². The molecule has 2 heterocycles. The Hall–Kier alpha value is -7.02. The number of Topliss-reactive ketones (excluding diaryl/α,β-unsaturated/α-hetero) is 1. The molecule has 1 aromatic heterocycles. The first-order valence-corrected chi connectivity index (χ1v) is 24.0. The molecule has 4 aromatic rings. The molecular formula is C55H60N2O16. The van der Waals surface area contributed by atoms with Gasteiger partial charge in [-0.15, -0.1) is 0 Å². The standard InChI is InChI=1S/C55H60N2O16/c1-29-37(69-49(64)43(70-48(63)35-22-23-36-34(25-35)21-16-24-56-36)41(32-17-12-10-13-18-32)57-50(65)73-51(4,5)6)27-55(66)46(71-47(62)33-19-14-11-15-20-33)44-53(9,38(60)26-39-54(44,28-67-39)72-31(3)59)45(61)42(68-30(2)58)40(29)52(55,7)8/h10-25,37-39,41-44,46,60,66H,26-28H2,1-9H3,(H,57,65)/t37-,38-,39+,41-,42+,43+,44-,46-,53+,54-,55+/m0/s1. The number of pyridine rings is 1. The molecule has 3 aromatic carbocycles. The van der Waals surface area contributed by atoms with Crippen LogP contribution in [0.3, 0.4) is 0 Å². The third kappa shape index (κ3) is 9.47. The topological polar surface area (TPSA) is 249 Å². The Morgan fingerprint density at radius 3 is 2.12 bits per heavy atom. The van der Waals surface area contributed by atoms with Crippen molar-refractivity contribution in [3.63, 3.8) is 0 Å². The van der Waals surface area contributed by atoms with Gasteiger partial charge in [0.15, 0.2) is 17.5 Å². The zero-order chi connectivity index (χ0) is 53.0. The van der Waals surface area contributed by atoms with Crippen LogP contribution in [0.2, 0.25) is 0 Å². The van der Waals surface area contributed by atoms with Crippen LogP contribution in [0.15, 0.2) is 108 Å². The summed E-state index contributed by atoms with van der Waals surface area (Å²) in [7, 11) is 0. The molecule has 1 saturated heterocycles. The average molecular weight is 1010 g/mol. The number of esters is 5. The van der Waals surface area contributed by atoms with Gasteiger partial charge < -0.3 is 48.7 Å². The minimum Gasteiger partial charge on any atom is -0.455 e. The number of rotatable bonds is 11. The Kier molecular flexibility index (Phi) is 13.9. The lowest BCUT2D eigenvalue weighted by molar-refractivity contribution is -0.346. The van der Waals surface area contributed by atoms with Crippen molar-refractivity contribution >= 4 is 52.6 Å². The highest BCUT2D eigenvalue weighted by atomic mass is 16.6. The summed E-state index contributed by atoms with van der Waals surface area (Å²) in [6.07, 6.45) is -10.3. The molecule has 73 heavy (non-hydrogen) atoms. The van der Waals surface area contributed by atoms with E-state index in [1.165, 1.54) is 38.1 Å². The summed E-state index contributed by atoms with van der Waals surface area (Å²) < 4.78 is 42.6. The van der Waals surface area contributed by atoms with E-state index < -0.39 is 124 Å². The number of ketones is 1. The number of aliphatic hydroxyl groups excluding tert-OH is 1. The second kappa shape index (κ2) is 19.4. The van der Waals surface area contributed by atoms with Gasteiger partial charge in [-0.1, -0.05) is 68.4 Å². The van der Waals surface area contributed by atoms with Crippen molar-refractivity contribution < 1.29 is 76.9 Å². The molecule has 18 heteroatoms. The van der Waals surface area contributed by atoms with Gasteiger partial charge in [-0.3, -0.25) is 19.4 Å². The predicted octanol–water partition coefficient (Wildman–Crippen LogP) is 6.24. The molecular weight excluding hydrogens is 945 g/mol. The number of aliphatic hydroxyl groups is 2. The van der Waals surface area contributed by atoms with Crippen LogP contribution in [0.1, 0.15) is 107 Å². The number of carbonyl (C=O) groups excluding carboxylic acids is 7. The maximum atomic E-state index is 15.8. The van der Waals surface area contributed by atoms with Crippen LogP contribution in [-0.4, -0.2) is 117 Å². The minimum absolute atomic E-state index is 0.0141. The second-order valence-corrected chi connectivity index (χ2v) is 21.0. The van der Waals surface area contributed by atoms with Crippen molar-refractivity contribution in [2.24, 2.45) is 16.7 Å². The van der Waals surface area contributed by atoms with Crippen LogP contribution in [-0.2, 0) is 52.3 Å². The molecule has 0 radical (unpaired) electrons. The molecule has 4 aliphatic rings. The minimum atomic E-state index is -2.48. The van der Waals surface area contributed by atoms with Crippen LogP contribution in [0, 0.1) is 16.7 Å². The lowest BCUT2D eigenvalue weighted by atomic mass is 9.44. The first kappa shape index (κ1) is 52.3. The summed E-state index contributed by atoms with van der Waals surface area (Å²) in [6, 6.07) is 22.4. The van der Waals surface area contributed by atoms with E-state index in [9.17, 15) is 34.2 Å². The van der Waals surface area contributed by atoms with E-state index in [1.54, 1.807) is 108 Å². The van der Waals surface area contributed by atoms with Crippen LogP contribution >= 0.6 is 0 Å². The highest BCUT2D eigenvalue weighted by molar-refractivity contribution is 5.97. The predicted molar refractivity (Wildman–Crippen MR) is 258 cm³/mol. The number of carbonyl (C=O) groups is 7. The fourth-order valence-corrected chi connectivity index (χ4v) is 11.3. The fraction of sp³-hybridized carbons (Fsp3) is 0.455. The van der Waals surface area contributed by atoms with E-state index in [-0.39, 0.29) is 40.9 Å². The lowest BCUT2D eigenvalue weighted by Crippen LogP contribution is -2.82. The number of hydrogen-bond acceptors (Lipinski definition) is 17. The van der Waals surface area contributed by atoms with E-state index in [0.717, 1.165) is 13.8 Å². The Morgan fingerprint density at radius 1 is 0.836 bits per heavy atom. The van der Waals surface area contributed by atoms with Crippen molar-refractivity contribution in [2.75, 3.05) is 6.61 Å². The van der Waals surface area contributed by atoms with Gasteiger partial charge >= 0.3 is 35.9 Å². The second-order valence-electron chi connectivity index (χ2n) is 21.0. The highest BCUT2D eigenvalue weighted by Gasteiger charge is 2.78. The highest BCUT2D eigenvalue weighted by Crippen LogP contribution is 2.64. The zero-order valence-electron chi connectivity index (χ0n) is 42.0. The quantitative estimate of drug-likeness (QED) is 0.0854. The smallest absolute Gasteiger partial charge is 0.408 e. The van der Waals surface area contributed by atoms with Gasteiger partial charge in [0.05, 0.1) is 40.7 Å². The molecule has 0 unspecified atom stereocenters. The van der Waals surface area contributed by atoms with E-state index in [4.69, 9.17) is 33.2 Å². The largest absolute Gasteiger partial charge is 0.455 e. The number of amides is 1. The van der Waals surface area contributed by atoms with Crippen LogP contribution < -0.4 is 5.32 Å². The summed E-state index contributed by atoms with van der Waals surface area (Å²) in [5.74, 6) is -7.45. The molecule has 3 fully saturated rings. The molecule has 3 aliphatic carbocycles. The van der Waals surface area contributed by atoms with Crippen LogP contribution in [0.5, 0.6) is 0 Å². The van der Waals surface area contributed by atoms with Crippen molar-refractivity contribution in [1.82, 2.24) is 10.3 Å². The number of benzene rings is 3. The maximum absolute atomic E-state index is 15.8. The summed E-state index contributed by atoms with van der Waals surface area (Å²) >= 11 is 0. The molecule has 2 saturated carbocycles. The molecule has 18 nitrogen and oxygen atoms in total. The van der Waals surface area contributed by atoms with Gasteiger partial charge in [-0.05, 0) is 87.7 Å². The molecule has 1 aliphatic heterocycles. The number of nitrogens with one attached hydrogen (secondary N) is 1. The van der Waals surface area contributed by atoms with E-state index in [2.05, 4.69) is 10.3 Å². The van der Waals surface area contributed by atoms with E-state index >= 15 is 9.59 Å². The number of alkyl carbamates (subject to hydrolysis) is 1. The molecule has 3 N–H and O–H groups in total. The summed E-state index contributed by atoms with van der Waals surface area (Å²) in [5.41, 5.74) is -8.19. The number of aromatic nitrogens is 1. The van der Waals surface area contributed by atoms with Gasteiger partial charge in [0, 0.05) is 43.7 Å². The molecule has 0 spiro atoms. The summed E-state index contributed by atoms with van der Waals surface area (Å²) in [5, 5.41) is 29.5. The van der Waals surface area contributed by atoms with Crippen molar-refractivity contribution in [3.8, 4) is 0 Å². The molecule has 2 bridgehead atoms. The van der Waals surface area contributed by atoms with Crippen LogP contribution in [0.4, 0.5) is 4.79 Å². The summed E-state index contributed by atoms with van der Waals surface area (Å²) in [4.78, 5) is 104. The zero-order valence-corrected chi connectivity index (χ0v) is 42.0. The first-order valence-electron chi connectivity index (χ1n) is 24.0. The lowest BCUT2D eigenvalue weighted by Gasteiger charge is -2.67. The number of ether oxygens (including phenoxy) is 7. The Morgan fingerprint density at radius 2 is 1.51 bits per heavy atom. The molecule has 11 atom stereocenters. The molecule has 8 rings (SSSR count). The maximum Gasteiger partial charge on any atom is 0.408 e. The Bertz CT molecular complexity index is 2880. The van der Waals surface area contributed by atoms with Crippen LogP contribution in [0.25, 0.3) is 10.9 Å². The van der Waals surface area contributed by atoms with E-state index in [1.807, 2.05) is 0 Å². The summed E-state index contributed by atoms with van der Waals surface area (Å²) in [6.45, 7) is 12.8. The SMILES string of the molecule is CC(=O)O[C@H]1C(=O)[C@@]2(C)[C@H]([C@H](OC(=O)c3ccccc3)[C@]3(O)C[C@H](OC(=O)[C@H](OC(=O)c4ccc5ncccc5c4)[C@@H](NC(=O)OC(C)(C)C)c4ccccc4)C(C)=C1C3(C)C)[C@]1(OC(C)=O)CO[C@@H]1C[C@@H]2O.